The van der Waals surface area contributed by atoms with Gasteiger partial charge in [-0.25, -0.2) is 0 Å². The summed E-state index contributed by atoms with van der Waals surface area (Å²) in [4.78, 5) is 14.4. The zero-order valence-corrected chi connectivity index (χ0v) is 12.5. The molecule has 3 nitrogen and oxygen atoms in total. The highest BCUT2D eigenvalue weighted by atomic mass is 35.5. The molecule has 19 heavy (non-hydrogen) atoms. The lowest BCUT2D eigenvalue weighted by Gasteiger charge is -2.42. The van der Waals surface area contributed by atoms with Gasteiger partial charge < -0.3 is 10.6 Å². The molecule has 0 aliphatic carbocycles. The fourth-order valence-electron chi connectivity index (χ4n) is 2.59. The molecule has 1 heterocycles. The second kappa shape index (κ2) is 5.14. The third-order valence-corrected chi connectivity index (χ3v) is 4.11. The van der Waals surface area contributed by atoms with Crippen LogP contribution in [0.1, 0.15) is 36.2 Å². The van der Waals surface area contributed by atoms with Gasteiger partial charge in [-0.1, -0.05) is 25.4 Å². The maximum absolute atomic E-state index is 12.5. The van der Waals surface area contributed by atoms with Crippen LogP contribution in [-0.4, -0.2) is 29.9 Å². The summed E-state index contributed by atoms with van der Waals surface area (Å²) in [6, 6.07) is 5.63. The molecule has 2 N–H and O–H groups in total. The number of rotatable bonds is 1. The van der Waals surface area contributed by atoms with Crippen molar-refractivity contribution in [2.75, 3.05) is 13.1 Å². The minimum Gasteiger partial charge on any atom is -0.338 e. The summed E-state index contributed by atoms with van der Waals surface area (Å²) < 4.78 is 0. The number of hydrogen-bond acceptors (Lipinski definition) is 2. The van der Waals surface area contributed by atoms with Gasteiger partial charge in [0.1, 0.15) is 0 Å². The molecule has 1 fully saturated rings. The molecule has 1 atom stereocenters. The van der Waals surface area contributed by atoms with E-state index in [9.17, 15) is 4.79 Å². The molecule has 1 aromatic rings. The predicted molar refractivity (Wildman–Crippen MR) is 78.5 cm³/mol. The maximum Gasteiger partial charge on any atom is 0.253 e. The first kappa shape index (κ1) is 14.4. The molecule has 0 radical (unpaired) electrons. The minimum atomic E-state index is -0.0401. The lowest BCUT2D eigenvalue weighted by molar-refractivity contribution is 0.0533. The molecular formula is C15H21ClN2O. The van der Waals surface area contributed by atoms with Crippen molar-refractivity contribution in [3.63, 3.8) is 0 Å². The molecule has 1 saturated heterocycles. The van der Waals surface area contributed by atoms with Gasteiger partial charge in [-0.2, -0.15) is 0 Å². The molecule has 104 valence electrons. The van der Waals surface area contributed by atoms with Crippen LogP contribution in [0.2, 0.25) is 5.02 Å². The number of likely N-dealkylation sites (tertiary alicyclic amines) is 1. The first-order valence-corrected chi connectivity index (χ1v) is 6.99. The Morgan fingerprint density at radius 2 is 2.11 bits per heavy atom. The van der Waals surface area contributed by atoms with Crippen LogP contribution in [-0.2, 0) is 0 Å². The number of halogens is 1. The summed E-state index contributed by atoms with van der Waals surface area (Å²) in [6.07, 6.45) is 0.846. The number of nitrogens with two attached hydrogens (primary N) is 1. The fraction of sp³-hybridized carbons (Fsp3) is 0.533. The van der Waals surface area contributed by atoms with E-state index in [0.29, 0.717) is 17.1 Å². The molecule has 1 amide bonds. The fourth-order valence-corrected chi connectivity index (χ4v) is 2.88. The van der Waals surface area contributed by atoms with E-state index in [-0.39, 0.29) is 17.4 Å². The van der Waals surface area contributed by atoms with Crippen molar-refractivity contribution in [1.29, 1.82) is 0 Å². The summed E-state index contributed by atoms with van der Waals surface area (Å²) in [6.45, 7) is 7.58. The highest BCUT2D eigenvalue weighted by Gasteiger charge is 2.35. The highest BCUT2D eigenvalue weighted by molar-refractivity contribution is 6.31. The van der Waals surface area contributed by atoms with Crippen LogP contribution in [0.3, 0.4) is 0 Å². The SMILES string of the molecule is Cc1cc(Cl)cc(C(=O)N2CCC(N)C(C)(C)C2)c1. The van der Waals surface area contributed by atoms with Crippen molar-refractivity contribution >= 4 is 17.5 Å². The number of carbonyl (C=O) groups is 1. The Labute approximate surface area is 119 Å². The predicted octanol–water partition coefficient (Wildman–Crippen LogP) is 2.85. The van der Waals surface area contributed by atoms with Crippen LogP contribution in [0.15, 0.2) is 18.2 Å². The molecule has 0 bridgehead atoms. The van der Waals surface area contributed by atoms with Crippen LogP contribution in [0, 0.1) is 12.3 Å². The first-order chi connectivity index (χ1) is 8.79. The third-order valence-electron chi connectivity index (χ3n) is 3.89. The number of aryl methyl sites for hydroxylation is 1. The molecule has 1 aliphatic heterocycles. The Bertz CT molecular complexity index is 479. The molecule has 1 aliphatic rings. The Morgan fingerprint density at radius 3 is 2.68 bits per heavy atom. The van der Waals surface area contributed by atoms with Gasteiger partial charge in [-0.15, -0.1) is 0 Å². The van der Waals surface area contributed by atoms with E-state index < -0.39 is 0 Å². The van der Waals surface area contributed by atoms with Gasteiger partial charge in [0.15, 0.2) is 0 Å². The van der Waals surface area contributed by atoms with Gasteiger partial charge in [0.25, 0.3) is 5.91 Å². The number of hydrogen-bond donors (Lipinski definition) is 1. The Morgan fingerprint density at radius 1 is 1.42 bits per heavy atom. The third kappa shape index (κ3) is 3.10. The van der Waals surface area contributed by atoms with Crippen molar-refractivity contribution in [3.8, 4) is 0 Å². The summed E-state index contributed by atoms with van der Waals surface area (Å²) in [5.74, 6) is 0.0468. The van der Waals surface area contributed by atoms with Gasteiger partial charge >= 0.3 is 0 Å². The second-order valence-electron chi connectivity index (χ2n) is 6.13. The van der Waals surface area contributed by atoms with Crippen molar-refractivity contribution < 1.29 is 4.79 Å². The van der Waals surface area contributed by atoms with Crippen LogP contribution in [0.5, 0.6) is 0 Å². The zero-order chi connectivity index (χ0) is 14.2. The molecule has 1 unspecified atom stereocenters. The van der Waals surface area contributed by atoms with Crippen LogP contribution in [0.4, 0.5) is 0 Å². The van der Waals surface area contributed by atoms with E-state index in [4.69, 9.17) is 17.3 Å². The normalized spacial score (nSPS) is 22.4. The smallest absolute Gasteiger partial charge is 0.253 e. The van der Waals surface area contributed by atoms with Crippen molar-refractivity contribution in [2.24, 2.45) is 11.1 Å². The lowest BCUT2D eigenvalue weighted by atomic mass is 9.79. The molecular weight excluding hydrogens is 260 g/mol. The highest BCUT2D eigenvalue weighted by Crippen LogP contribution is 2.29. The monoisotopic (exact) mass is 280 g/mol. The van der Waals surface area contributed by atoms with E-state index >= 15 is 0 Å². The van der Waals surface area contributed by atoms with Crippen molar-refractivity contribution in [3.05, 3.63) is 34.3 Å². The Kier molecular flexibility index (Phi) is 3.88. The van der Waals surface area contributed by atoms with Crippen LogP contribution in [0.25, 0.3) is 0 Å². The van der Waals surface area contributed by atoms with E-state index in [1.807, 2.05) is 24.0 Å². The van der Waals surface area contributed by atoms with E-state index in [1.165, 1.54) is 0 Å². The number of carbonyl (C=O) groups excluding carboxylic acids is 1. The summed E-state index contributed by atoms with van der Waals surface area (Å²) in [5.41, 5.74) is 7.73. The van der Waals surface area contributed by atoms with E-state index in [1.54, 1.807) is 6.07 Å². The lowest BCUT2D eigenvalue weighted by Crippen LogP contribution is -2.54. The Balaban J connectivity index is 2.20. The number of benzene rings is 1. The van der Waals surface area contributed by atoms with Gasteiger partial charge in [0.2, 0.25) is 0 Å². The molecule has 2 rings (SSSR count). The van der Waals surface area contributed by atoms with Crippen molar-refractivity contribution in [2.45, 2.75) is 33.2 Å². The number of nitrogens with zero attached hydrogens (tertiary/aromatic N) is 1. The van der Waals surface area contributed by atoms with Gasteiger partial charge in [-0.3, -0.25) is 4.79 Å². The second-order valence-corrected chi connectivity index (χ2v) is 6.56. The topological polar surface area (TPSA) is 46.3 Å². The van der Waals surface area contributed by atoms with Crippen LogP contribution >= 0.6 is 11.6 Å². The minimum absolute atomic E-state index is 0.0401. The van der Waals surface area contributed by atoms with Gasteiger partial charge in [0, 0.05) is 29.7 Å². The van der Waals surface area contributed by atoms with Gasteiger partial charge in [-0.05, 0) is 42.5 Å². The maximum atomic E-state index is 12.5. The average Bonchev–Trinajstić information content (AvgIpc) is 2.30. The molecule has 0 saturated carbocycles. The summed E-state index contributed by atoms with van der Waals surface area (Å²) in [5, 5.41) is 0.608. The van der Waals surface area contributed by atoms with Crippen LogP contribution < -0.4 is 5.73 Å². The Hall–Kier alpha value is -1.06. The largest absolute Gasteiger partial charge is 0.338 e. The molecule has 0 spiro atoms. The molecule has 1 aromatic carbocycles. The van der Waals surface area contributed by atoms with E-state index in [0.717, 1.165) is 18.5 Å². The number of amides is 1. The molecule has 4 heteroatoms. The van der Waals surface area contributed by atoms with Crippen molar-refractivity contribution in [1.82, 2.24) is 4.90 Å². The zero-order valence-electron chi connectivity index (χ0n) is 11.7. The standard InChI is InChI=1S/C15H21ClN2O/c1-10-6-11(8-12(16)7-10)14(19)18-5-4-13(17)15(2,3)9-18/h6-8,13H,4-5,9,17H2,1-3H3. The summed E-state index contributed by atoms with van der Waals surface area (Å²) >= 11 is 6.02. The quantitative estimate of drug-likeness (QED) is 0.860. The average molecular weight is 281 g/mol. The van der Waals surface area contributed by atoms with E-state index in [2.05, 4.69) is 13.8 Å². The number of piperidine rings is 1. The summed E-state index contributed by atoms with van der Waals surface area (Å²) in [7, 11) is 0. The first-order valence-electron chi connectivity index (χ1n) is 6.62. The molecule has 0 aromatic heterocycles. The van der Waals surface area contributed by atoms with Gasteiger partial charge in [0.05, 0.1) is 0 Å².